The number of aromatic nitrogens is 1. The molecule has 5 nitrogen and oxygen atoms in total. The van der Waals surface area contributed by atoms with Gasteiger partial charge < -0.3 is 10.0 Å². The Kier molecular flexibility index (Phi) is 3.63. The van der Waals surface area contributed by atoms with Crippen molar-refractivity contribution in [1.29, 1.82) is 0 Å². The van der Waals surface area contributed by atoms with E-state index in [0.29, 0.717) is 5.56 Å². The van der Waals surface area contributed by atoms with Crippen LogP contribution in [0.15, 0.2) is 24.5 Å². The van der Waals surface area contributed by atoms with E-state index in [1.54, 1.807) is 31.5 Å². The average molecular weight is 249 g/mol. The van der Waals surface area contributed by atoms with Crippen LogP contribution in [0.2, 0.25) is 0 Å². The maximum Gasteiger partial charge on any atom is 0.328 e. The van der Waals surface area contributed by atoms with E-state index in [1.807, 2.05) is 7.05 Å². The number of hydrogen-bond donors (Lipinski definition) is 2. The van der Waals surface area contributed by atoms with E-state index < -0.39 is 11.5 Å². The molecule has 0 bridgehead atoms. The van der Waals surface area contributed by atoms with Crippen LogP contribution >= 0.6 is 0 Å². The first-order valence-corrected chi connectivity index (χ1v) is 6.12. The molecule has 1 aliphatic rings. The van der Waals surface area contributed by atoms with Crippen LogP contribution in [-0.4, -0.2) is 47.1 Å². The largest absolute Gasteiger partial charge is 0.480 e. The van der Waals surface area contributed by atoms with Gasteiger partial charge in [-0.2, -0.15) is 0 Å². The zero-order valence-electron chi connectivity index (χ0n) is 10.8. The molecule has 0 radical (unpaired) electrons. The summed E-state index contributed by atoms with van der Waals surface area (Å²) < 4.78 is 0. The highest BCUT2D eigenvalue weighted by Crippen LogP contribution is 2.23. The number of carboxylic acids is 1. The van der Waals surface area contributed by atoms with E-state index in [-0.39, 0.29) is 6.04 Å². The van der Waals surface area contributed by atoms with Gasteiger partial charge in [0.05, 0.1) is 0 Å². The first-order valence-electron chi connectivity index (χ1n) is 6.12. The molecule has 1 saturated heterocycles. The molecule has 0 amide bonds. The quantitative estimate of drug-likeness (QED) is 0.821. The Morgan fingerprint density at radius 2 is 2.44 bits per heavy atom. The van der Waals surface area contributed by atoms with Crippen LogP contribution in [-0.2, 0) is 10.3 Å². The summed E-state index contributed by atoms with van der Waals surface area (Å²) in [6.07, 6.45) is 4.23. The molecule has 2 atom stereocenters. The summed E-state index contributed by atoms with van der Waals surface area (Å²) in [5.74, 6) is -0.870. The van der Waals surface area contributed by atoms with Crippen molar-refractivity contribution in [2.75, 3.05) is 20.1 Å². The molecule has 0 aliphatic carbocycles. The molecule has 18 heavy (non-hydrogen) atoms. The molecule has 0 saturated carbocycles. The van der Waals surface area contributed by atoms with E-state index in [4.69, 9.17) is 0 Å². The minimum absolute atomic E-state index is 0.205. The van der Waals surface area contributed by atoms with E-state index in [9.17, 15) is 9.90 Å². The van der Waals surface area contributed by atoms with Crippen LogP contribution in [0.1, 0.15) is 18.9 Å². The van der Waals surface area contributed by atoms with Gasteiger partial charge >= 0.3 is 5.97 Å². The molecule has 98 valence electrons. The van der Waals surface area contributed by atoms with Gasteiger partial charge in [-0.1, -0.05) is 6.07 Å². The van der Waals surface area contributed by atoms with Gasteiger partial charge in [-0.05, 0) is 33.0 Å². The fourth-order valence-corrected chi connectivity index (χ4v) is 2.39. The lowest BCUT2D eigenvalue weighted by molar-refractivity contribution is -0.145. The molecule has 0 aromatic carbocycles. The number of pyridine rings is 1. The lowest BCUT2D eigenvalue weighted by atomic mass is 9.92. The third kappa shape index (κ3) is 2.52. The molecular weight excluding hydrogens is 230 g/mol. The Labute approximate surface area is 107 Å². The van der Waals surface area contributed by atoms with Gasteiger partial charge in [-0.25, -0.2) is 4.79 Å². The van der Waals surface area contributed by atoms with Gasteiger partial charge in [0, 0.05) is 30.5 Å². The summed E-state index contributed by atoms with van der Waals surface area (Å²) in [5, 5.41) is 12.8. The van der Waals surface area contributed by atoms with Crippen LogP contribution in [0, 0.1) is 0 Å². The van der Waals surface area contributed by atoms with Crippen molar-refractivity contribution in [3.63, 3.8) is 0 Å². The number of carboxylic acid groups (broad SMARTS) is 1. The Balaban J connectivity index is 2.20. The van der Waals surface area contributed by atoms with Crippen LogP contribution in [0.25, 0.3) is 0 Å². The van der Waals surface area contributed by atoms with Crippen molar-refractivity contribution in [3.05, 3.63) is 30.1 Å². The number of aliphatic carboxylic acids is 1. The van der Waals surface area contributed by atoms with E-state index >= 15 is 0 Å². The van der Waals surface area contributed by atoms with Crippen molar-refractivity contribution >= 4 is 5.97 Å². The summed E-state index contributed by atoms with van der Waals surface area (Å²) in [5.41, 5.74) is -0.392. The summed E-state index contributed by atoms with van der Waals surface area (Å²) in [4.78, 5) is 17.8. The fourth-order valence-electron chi connectivity index (χ4n) is 2.39. The maximum atomic E-state index is 11.6. The van der Waals surface area contributed by atoms with Crippen molar-refractivity contribution in [3.8, 4) is 0 Å². The smallest absolute Gasteiger partial charge is 0.328 e. The van der Waals surface area contributed by atoms with Gasteiger partial charge in [-0.3, -0.25) is 10.3 Å². The number of likely N-dealkylation sites (tertiary alicyclic amines) is 1. The van der Waals surface area contributed by atoms with Gasteiger partial charge in [0.15, 0.2) is 0 Å². The number of hydrogen-bond acceptors (Lipinski definition) is 4. The molecule has 1 fully saturated rings. The zero-order valence-corrected chi connectivity index (χ0v) is 10.8. The number of nitrogens with one attached hydrogen (secondary N) is 1. The minimum atomic E-state index is -1.08. The molecule has 0 spiro atoms. The van der Waals surface area contributed by atoms with Crippen LogP contribution in [0.3, 0.4) is 0 Å². The SMILES string of the molecule is CN1CCC(NC(C)(C(=O)O)c2cccnc2)C1. The standard InChI is InChI=1S/C13H19N3O2/c1-13(12(17)18,10-4-3-6-14-8-10)15-11-5-7-16(2)9-11/h3-4,6,8,11,15H,5,7,9H2,1-2H3,(H,17,18). The van der Waals surface area contributed by atoms with Crippen molar-refractivity contribution < 1.29 is 9.90 Å². The summed E-state index contributed by atoms with van der Waals surface area (Å²) >= 11 is 0. The van der Waals surface area contributed by atoms with Crippen molar-refractivity contribution in [2.24, 2.45) is 0 Å². The monoisotopic (exact) mass is 249 g/mol. The second-order valence-corrected chi connectivity index (χ2v) is 5.06. The Bertz CT molecular complexity index is 424. The summed E-state index contributed by atoms with van der Waals surface area (Å²) in [6.45, 7) is 3.58. The molecule has 1 aliphatic heterocycles. The Hall–Kier alpha value is -1.46. The van der Waals surface area contributed by atoms with Crippen LogP contribution in [0.5, 0.6) is 0 Å². The minimum Gasteiger partial charge on any atom is -0.480 e. The second-order valence-electron chi connectivity index (χ2n) is 5.06. The molecule has 5 heteroatoms. The molecule has 2 unspecified atom stereocenters. The normalized spacial score (nSPS) is 23.8. The van der Waals surface area contributed by atoms with Crippen LogP contribution in [0.4, 0.5) is 0 Å². The fraction of sp³-hybridized carbons (Fsp3) is 0.538. The third-order valence-corrected chi connectivity index (χ3v) is 3.55. The first kappa shape index (κ1) is 13.0. The predicted molar refractivity (Wildman–Crippen MR) is 68.3 cm³/mol. The number of carbonyl (C=O) groups is 1. The molecule has 2 N–H and O–H groups in total. The number of likely N-dealkylation sites (N-methyl/N-ethyl adjacent to an activating group) is 1. The van der Waals surface area contributed by atoms with Gasteiger partial charge in [-0.15, -0.1) is 0 Å². The summed E-state index contributed by atoms with van der Waals surface area (Å²) in [6, 6.07) is 3.77. The van der Waals surface area contributed by atoms with Crippen LogP contribution < -0.4 is 5.32 Å². The van der Waals surface area contributed by atoms with Crippen molar-refractivity contribution in [2.45, 2.75) is 24.9 Å². The Morgan fingerprint density at radius 1 is 1.67 bits per heavy atom. The second kappa shape index (κ2) is 5.04. The summed E-state index contributed by atoms with van der Waals surface area (Å²) in [7, 11) is 2.05. The van der Waals surface area contributed by atoms with E-state index in [2.05, 4.69) is 15.2 Å². The Morgan fingerprint density at radius 3 is 2.94 bits per heavy atom. The molecule has 2 rings (SSSR count). The lowest BCUT2D eigenvalue weighted by Gasteiger charge is -2.30. The molecular formula is C13H19N3O2. The highest BCUT2D eigenvalue weighted by atomic mass is 16.4. The van der Waals surface area contributed by atoms with Crippen molar-refractivity contribution in [1.82, 2.24) is 15.2 Å². The first-order chi connectivity index (χ1) is 8.52. The lowest BCUT2D eigenvalue weighted by Crippen LogP contribution is -2.52. The predicted octanol–water partition coefficient (Wildman–Crippen LogP) is 0.675. The van der Waals surface area contributed by atoms with Gasteiger partial charge in [0.1, 0.15) is 5.54 Å². The van der Waals surface area contributed by atoms with E-state index in [1.165, 1.54) is 0 Å². The number of rotatable bonds is 4. The van der Waals surface area contributed by atoms with Gasteiger partial charge in [0.25, 0.3) is 0 Å². The average Bonchev–Trinajstić information content (AvgIpc) is 2.75. The zero-order chi connectivity index (χ0) is 13.2. The topological polar surface area (TPSA) is 65.5 Å². The van der Waals surface area contributed by atoms with Gasteiger partial charge in [0.2, 0.25) is 0 Å². The third-order valence-electron chi connectivity index (χ3n) is 3.55. The molecule has 1 aromatic rings. The van der Waals surface area contributed by atoms with E-state index in [0.717, 1.165) is 19.5 Å². The highest BCUT2D eigenvalue weighted by Gasteiger charge is 2.38. The molecule has 1 aromatic heterocycles. The maximum absolute atomic E-state index is 11.6. The highest BCUT2D eigenvalue weighted by molar-refractivity contribution is 5.80. The number of nitrogens with zero attached hydrogens (tertiary/aromatic N) is 2. The molecule has 2 heterocycles.